The van der Waals surface area contributed by atoms with Gasteiger partial charge in [-0.15, -0.1) is 0 Å². The number of rotatable bonds is 6. The molecule has 0 aliphatic carbocycles. The van der Waals surface area contributed by atoms with Gasteiger partial charge in [-0.05, 0) is 55.3 Å². The van der Waals surface area contributed by atoms with Gasteiger partial charge in [-0.1, -0.05) is 18.2 Å². The quantitative estimate of drug-likeness (QED) is 0.465. The van der Waals surface area contributed by atoms with Crippen LogP contribution in [0.5, 0.6) is 5.88 Å². The van der Waals surface area contributed by atoms with E-state index < -0.39 is 0 Å². The number of H-pyrrole nitrogens is 1. The number of aromatic amines is 1. The summed E-state index contributed by atoms with van der Waals surface area (Å²) in [6.07, 6.45) is 1.60. The van der Waals surface area contributed by atoms with E-state index in [0.29, 0.717) is 40.1 Å². The summed E-state index contributed by atoms with van der Waals surface area (Å²) in [6.45, 7) is 4.07. The predicted molar refractivity (Wildman–Crippen MR) is 122 cm³/mol. The number of fused-ring (bicyclic) bond motifs is 1. The standard InChI is InChI=1S/C25H20N6O2/c1-3-33-25-20(17-6-4-5-16(11-17)12-26)9-10-22(30-25)24(32)29-15(2)19-8-7-18(13-27)21-14-28-31-23(19)21/h4-11,14-15H,3H2,1-2H3,(H,28,31)(H,29,32)/t15-/m1/s1. The molecule has 8 heteroatoms. The number of aromatic nitrogens is 3. The van der Waals surface area contributed by atoms with Gasteiger partial charge >= 0.3 is 0 Å². The Bertz CT molecular complexity index is 1430. The first kappa shape index (κ1) is 21.5. The minimum absolute atomic E-state index is 0.208. The van der Waals surface area contributed by atoms with E-state index in [9.17, 15) is 15.3 Å². The van der Waals surface area contributed by atoms with Gasteiger partial charge < -0.3 is 10.1 Å². The number of ether oxygens (including phenoxy) is 1. The van der Waals surface area contributed by atoms with E-state index >= 15 is 0 Å². The van der Waals surface area contributed by atoms with E-state index in [1.807, 2.05) is 19.9 Å². The zero-order chi connectivity index (χ0) is 23.4. The highest BCUT2D eigenvalue weighted by Crippen LogP contribution is 2.30. The van der Waals surface area contributed by atoms with Gasteiger partial charge in [0.15, 0.2) is 0 Å². The molecule has 0 saturated carbocycles. The SMILES string of the molecule is CCOc1nc(C(=O)N[C@H](C)c2ccc(C#N)c3cn[nH]c23)ccc1-c1cccc(C#N)c1. The van der Waals surface area contributed by atoms with Crippen LogP contribution in [-0.2, 0) is 0 Å². The van der Waals surface area contributed by atoms with E-state index in [4.69, 9.17) is 4.74 Å². The van der Waals surface area contributed by atoms with Crippen molar-refractivity contribution in [1.29, 1.82) is 10.5 Å². The Kier molecular flexibility index (Phi) is 6.01. The molecule has 8 nitrogen and oxygen atoms in total. The van der Waals surface area contributed by atoms with Crippen LogP contribution in [0, 0.1) is 22.7 Å². The van der Waals surface area contributed by atoms with Crippen LogP contribution in [0.1, 0.15) is 47.1 Å². The van der Waals surface area contributed by atoms with Crippen molar-refractivity contribution in [3.63, 3.8) is 0 Å². The molecule has 0 aliphatic heterocycles. The number of amides is 1. The molecule has 0 saturated heterocycles. The molecule has 162 valence electrons. The molecule has 4 rings (SSSR count). The summed E-state index contributed by atoms with van der Waals surface area (Å²) in [5.74, 6) is -0.0416. The Balaban J connectivity index is 1.62. The van der Waals surface area contributed by atoms with Crippen molar-refractivity contribution >= 4 is 16.8 Å². The average molecular weight is 436 g/mol. The highest BCUT2D eigenvalue weighted by atomic mass is 16.5. The number of nitriles is 2. The molecule has 2 N–H and O–H groups in total. The molecule has 0 unspecified atom stereocenters. The lowest BCUT2D eigenvalue weighted by molar-refractivity contribution is 0.0934. The molecule has 2 heterocycles. The Morgan fingerprint density at radius 1 is 1.18 bits per heavy atom. The summed E-state index contributed by atoms with van der Waals surface area (Å²) in [6, 6.07) is 17.9. The number of hydrogen-bond acceptors (Lipinski definition) is 6. The van der Waals surface area contributed by atoms with Crippen LogP contribution >= 0.6 is 0 Å². The number of carbonyl (C=O) groups is 1. The fourth-order valence-electron chi connectivity index (χ4n) is 3.65. The van der Waals surface area contributed by atoms with E-state index in [1.165, 1.54) is 0 Å². The number of nitrogens with one attached hydrogen (secondary N) is 2. The fraction of sp³-hybridized carbons (Fsp3) is 0.160. The minimum Gasteiger partial charge on any atom is -0.478 e. The first-order chi connectivity index (χ1) is 16.0. The summed E-state index contributed by atoms with van der Waals surface area (Å²) in [5.41, 5.74) is 4.25. The van der Waals surface area contributed by atoms with Crippen LogP contribution in [0.15, 0.2) is 54.7 Å². The van der Waals surface area contributed by atoms with Crippen LogP contribution in [0.3, 0.4) is 0 Å². The van der Waals surface area contributed by atoms with Crippen molar-refractivity contribution in [2.24, 2.45) is 0 Å². The summed E-state index contributed by atoms with van der Waals surface area (Å²) < 4.78 is 5.70. The van der Waals surface area contributed by atoms with Crippen LogP contribution < -0.4 is 10.1 Å². The first-order valence-corrected chi connectivity index (χ1v) is 10.4. The lowest BCUT2D eigenvalue weighted by Crippen LogP contribution is -2.27. The van der Waals surface area contributed by atoms with Crippen LogP contribution in [0.25, 0.3) is 22.0 Å². The normalized spacial score (nSPS) is 11.4. The second-order valence-corrected chi connectivity index (χ2v) is 7.34. The third-order valence-corrected chi connectivity index (χ3v) is 5.26. The first-order valence-electron chi connectivity index (χ1n) is 10.4. The average Bonchev–Trinajstić information content (AvgIpc) is 3.33. The Labute approximate surface area is 190 Å². The summed E-state index contributed by atoms with van der Waals surface area (Å²) in [5, 5.41) is 29.1. The predicted octanol–water partition coefficient (Wildman–Crippen LogP) is 4.26. The minimum atomic E-state index is -0.363. The largest absolute Gasteiger partial charge is 0.478 e. The van der Waals surface area contributed by atoms with Gasteiger partial charge in [-0.25, -0.2) is 4.98 Å². The molecule has 2 aromatic carbocycles. The van der Waals surface area contributed by atoms with Crippen molar-refractivity contribution in [3.05, 3.63) is 77.1 Å². The van der Waals surface area contributed by atoms with Crippen molar-refractivity contribution in [3.8, 4) is 29.1 Å². The van der Waals surface area contributed by atoms with Crippen molar-refractivity contribution in [2.45, 2.75) is 19.9 Å². The maximum atomic E-state index is 13.0. The topological polar surface area (TPSA) is 127 Å². The molecule has 0 spiro atoms. The maximum absolute atomic E-state index is 13.0. The van der Waals surface area contributed by atoms with E-state index in [1.54, 1.807) is 48.7 Å². The van der Waals surface area contributed by atoms with Crippen molar-refractivity contribution < 1.29 is 9.53 Å². The van der Waals surface area contributed by atoms with Gasteiger partial charge in [-0.3, -0.25) is 9.89 Å². The number of pyridine rings is 1. The molecule has 0 fully saturated rings. The Morgan fingerprint density at radius 3 is 2.79 bits per heavy atom. The van der Waals surface area contributed by atoms with Crippen molar-refractivity contribution in [1.82, 2.24) is 20.5 Å². The van der Waals surface area contributed by atoms with E-state index in [2.05, 4.69) is 32.6 Å². The summed E-state index contributed by atoms with van der Waals surface area (Å²) in [7, 11) is 0. The zero-order valence-electron chi connectivity index (χ0n) is 18.1. The van der Waals surface area contributed by atoms with Gasteiger partial charge in [0.25, 0.3) is 5.91 Å². The molecule has 0 bridgehead atoms. The van der Waals surface area contributed by atoms with Crippen molar-refractivity contribution in [2.75, 3.05) is 6.61 Å². The second kappa shape index (κ2) is 9.21. The number of hydrogen-bond donors (Lipinski definition) is 2. The number of carbonyl (C=O) groups excluding carboxylic acids is 1. The molecule has 0 aliphatic rings. The third kappa shape index (κ3) is 4.23. The highest BCUT2D eigenvalue weighted by molar-refractivity contribution is 5.94. The van der Waals surface area contributed by atoms with Gasteiger partial charge in [-0.2, -0.15) is 15.6 Å². The molecule has 2 aromatic heterocycles. The number of nitrogens with zero attached hydrogens (tertiary/aromatic N) is 4. The lowest BCUT2D eigenvalue weighted by Gasteiger charge is -2.16. The lowest BCUT2D eigenvalue weighted by atomic mass is 10.0. The zero-order valence-corrected chi connectivity index (χ0v) is 18.1. The molecule has 4 aromatic rings. The fourth-order valence-corrected chi connectivity index (χ4v) is 3.65. The molecule has 0 radical (unpaired) electrons. The Morgan fingerprint density at radius 2 is 2.03 bits per heavy atom. The molecular formula is C25H20N6O2. The van der Waals surface area contributed by atoms with Gasteiger partial charge in [0.05, 0.1) is 47.6 Å². The van der Waals surface area contributed by atoms with Gasteiger partial charge in [0, 0.05) is 10.9 Å². The highest BCUT2D eigenvalue weighted by Gasteiger charge is 2.19. The monoisotopic (exact) mass is 436 g/mol. The second-order valence-electron chi connectivity index (χ2n) is 7.34. The summed E-state index contributed by atoms with van der Waals surface area (Å²) >= 11 is 0. The maximum Gasteiger partial charge on any atom is 0.270 e. The van der Waals surface area contributed by atoms with E-state index in [-0.39, 0.29) is 17.6 Å². The van der Waals surface area contributed by atoms with E-state index in [0.717, 1.165) is 11.1 Å². The van der Waals surface area contributed by atoms with Gasteiger partial charge in [0.1, 0.15) is 5.69 Å². The third-order valence-electron chi connectivity index (χ3n) is 5.26. The molecule has 1 amide bonds. The van der Waals surface area contributed by atoms with Crippen LogP contribution in [0.4, 0.5) is 0 Å². The smallest absolute Gasteiger partial charge is 0.270 e. The Hall–Kier alpha value is -4.69. The molecule has 33 heavy (non-hydrogen) atoms. The van der Waals surface area contributed by atoms with Crippen LogP contribution in [-0.4, -0.2) is 27.7 Å². The molecule has 1 atom stereocenters. The molecular weight excluding hydrogens is 416 g/mol. The summed E-state index contributed by atoms with van der Waals surface area (Å²) in [4.78, 5) is 17.4. The van der Waals surface area contributed by atoms with Crippen LogP contribution in [0.2, 0.25) is 0 Å². The van der Waals surface area contributed by atoms with Gasteiger partial charge in [0.2, 0.25) is 5.88 Å². The number of benzene rings is 2.